The Morgan fingerprint density at radius 3 is 3.00 bits per heavy atom. The molecule has 3 heterocycles. The number of aromatic nitrogens is 2. The molecule has 1 atom stereocenters. The molecule has 110 valence electrons. The third kappa shape index (κ3) is 2.54. The number of carbonyl (C=O) groups excluding carboxylic acids is 1. The van der Waals surface area contributed by atoms with Crippen molar-refractivity contribution >= 4 is 23.3 Å². The average Bonchev–Trinajstić information content (AvgIpc) is 3.07. The fraction of sp³-hybridized carbons (Fsp3) is 0.357. The fourth-order valence-electron chi connectivity index (χ4n) is 2.62. The van der Waals surface area contributed by atoms with Crippen LogP contribution in [0.1, 0.15) is 12.0 Å². The Kier molecular flexibility index (Phi) is 3.25. The molecule has 0 aromatic carbocycles. The minimum Gasteiger partial charge on any atom is -0.481 e. The van der Waals surface area contributed by atoms with Crippen LogP contribution in [0.3, 0.4) is 0 Å². The first-order valence-electron chi connectivity index (χ1n) is 6.76. The molecule has 0 aliphatic carbocycles. The molecule has 0 spiro atoms. The van der Waals surface area contributed by atoms with E-state index in [4.69, 9.17) is 5.11 Å². The summed E-state index contributed by atoms with van der Waals surface area (Å²) in [6.45, 7) is 2.65. The highest BCUT2D eigenvalue weighted by Gasteiger charge is 2.30. The van der Waals surface area contributed by atoms with Crippen LogP contribution in [-0.2, 0) is 4.79 Å². The standard InChI is InChI=1S/C14H16N4O3/c1-9-6-11(8-17-5-3-15-12(9)17)16-14(21)18-4-2-10(7-18)13(19)20/h3,5-6,8,10H,2,4,7H2,1H3,(H,16,21)(H,19,20). The van der Waals surface area contributed by atoms with E-state index in [0.29, 0.717) is 18.7 Å². The maximum Gasteiger partial charge on any atom is 0.321 e. The van der Waals surface area contributed by atoms with Gasteiger partial charge in [-0.1, -0.05) is 0 Å². The van der Waals surface area contributed by atoms with Crippen molar-refractivity contribution in [3.05, 3.63) is 30.2 Å². The van der Waals surface area contributed by atoms with E-state index in [1.165, 1.54) is 4.90 Å². The number of urea groups is 1. The number of anilines is 1. The Balaban J connectivity index is 1.73. The van der Waals surface area contributed by atoms with Crippen molar-refractivity contribution in [2.75, 3.05) is 18.4 Å². The smallest absolute Gasteiger partial charge is 0.321 e. The van der Waals surface area contributed by atoms with Crippen molar-refractivity contribution in [2.45, 2.75) is 13.3 Å². The lowest BCUT2D eigenvalue weighted by molar-refractivity contribution is -0.141. The van der Waals surface area contributed by atoms with Crippen molar-refractivity contribution < 1.29 is 14.7 Å². The zero-order valence-corrected chi connectivity index (χ0v) is 11.6. The van der Waals surface area contributed by atoms with Crippen LogP contribution in [0.2, 0.25) is 0 Å². The topological polar surface area (TPSA) is 86.9 Å². The molecular weight excluding hydrogens is 272 g/mol. The molecule has 2 N–H and O–H groups in total. The summed E-state index contributed by atoms with van der Waals surface area (Å²) in [4.78, 5) is 28.8. The van der Waals surface area contributed by atoms with Crippen molar-refractivity contribution in [2.24, 2.45) is 5.92 Å². The van der Waals surface area contributed by atoms with Crippen LogP contribution in [0.25, 0.3) is 5.65 Å². The molecule has 1 aliphatic heterocycles. The molecule has 2 aromatic rings. The number of carbonyl (C=O) groups is 2. The first-order chi connectivity index (χ1) is 10.0. The summed E-state index contributed by atoms with van der Waals surface area (Å²) in [5.74, 6) is -1.31. The number of likely N-dealkylation sites (tertiary alicyclic amines) is 1. The number of pyridine rings is 1. The van der Waals surface area contributed by atoms with Gasteiger partial charge in [0.2, 0.25) is 0 Å². The van der Waals surface area contributed by atoms with Crippen LogP contribution in [0.4, 0.5) is 10.5 Å². The van der Waals surface area contributed by atoms with Crippen molar-refractivity contribution in [1.29, 1.82) is 0 Å². The van der Waals surface area contributed by atoms with Crippen LogP contribution in [0.5, 0.6) is 0 Å². The van der Waals surface area contributed by atoms with E-state index in [-0.39, 0.29) is 12.6 Å². The molecule has 0 bridgehead atoms. The van der Waals surface area contributed by atoms with E-state index in [1.807, 2.05) is 23.6 Å². The van der Waals surface area contributed by atoms with Crippen molar-refractivity contribution in [3.8, 4) is 0 Å². The maximum atomic E-state index is 12.2. The molecular formula is C14H16N4O3. The maximum absolute atomic E-state index is 12.2. The number of nitrogens with one attached hydrogen (secondary N) is 1. The molecule has 0 saturated carbocycles. The lowest BCUT2D eigenvalue weighted by Crippen LogP contribution is -2.33. The molecule has 2 aromatic heterocycles. The van der Waals surface area contributed by atoms with Gasteiger partial charge in [-0.15, -0.1) is 0 Å². The van der Waals surface area contributed by atoms with Gasteiger partial charge in [-0.25, -0.2) is 9.78 Å². The first-order valence-corrected chi connectivity index (χ1v) is 6.76. The molecule has 1 fully saturated rings. The second-order valence-electron chi connectivity index (χ2n) is 5.27. The number of rotatable bonds is 2. The minimum absolute atomic E-state index is 0.257. The normalized spacial score (nSPS) is 18.1. The van der Waals surface area contributed by atoms with Gasteiger partial charge in [-0.2, -0.15) is 0 Å². The third-order valence-corrected chi connectivity index (χ3v) is 3.75. The van der Waals surface area contributed by atoms with Gasteiger partial charge >= 0.3 is 12.0 Å². The van der Waals surface area contributed by atoms with Crippen LogP contribution in [0.15, 0.2) is 24.7 Å². The van der Waals surface area contributed by atoms with E-state index >= 15 is 0 Å². The van der Waals surface area contributed by atoms with Gasteiger partial charge in [-0.3, -0.25) is 4.79 Å². The zero-order valence-electron chi connectivity index (χ0n) is 11.6. The lowest BCUT2D eigenvalue weighted by atomic mass is 10.1. The number of hydrogen-bond acceptors (Lipinski definition) is 3. The number of amides is 2. The van der Waals surface area contributed by atoms with E-state index in [9.17, 15) is 9.59 Å². The largest absolute Gasteiger partial charge is 0.481 e. The average molecular weight is 288 g/mol. The molecule has 7 heteroatoms. The van der Waals surface area contributed by atoms with Crippen molar-refractivity contribution in [1.82, 2.24) is 14.3 Å². The number of nitrogens with zero attached hydrogens (tertiary/aromatic N) is 3. The number of hydrogen-bond donors (Lipinski definition) is 2. The van der Waals surface area contributed by atoms with Crippen LogP contribution < -0.4 is 5.32 Å². The zero-order chi connectivity index (χ0) is 15.0. The summed E-state index contributed by atoms with van der Waals surface area (Å²) in [5, 5.41) is 11.8. The predicted molar refractivity (Wildman–Crippen MR) is 76.3 cm³/mol. The number of carboxylic acids is 1. The lowest BCUT2D eigenvalue weighted by Gasteiger charge is -2.17. The molecule has 2 amide bonds. The van der Waals surface area contributed by atoms with E-state index in [0.717, 1.165) is 11.2 Å². The van der Waals surface area contributed by atoms with Crippen molar-refractivity contribution in [3.63, 3.8) is 0 Å². The van der Waals surface area contributed by atoms with Gasteiger partial charge in [0.05, 0.1) is 11.6 Å². The molecule has 1 unspecified atom stereocenters. The molecule has 7 nitrogen and oxygen atoms in total. The Morgan fingerprint density at radius 2 is 2.29 bits per heavy atom. The number of aryl methyl sites for hydroxylation is 1. The fourth-order valence-corrected chi connectivity index (χ4v) is 2.62. The van der Waals surface area contributed by atoms with Gasteiger partial charge in [0.1, 0.15) is 5.65 Å². The van der Waals surface area contributed by atoms with Gasteiger partial charge in [-0.05, 0) is 25.0 Å². The number of aliphatic carboxylic acids is 1. The van der Waals surface area contributed by atoms with Gasteiger partial charge in [0.25, 0.3) is 0 Å². The van der Waals surface area contributed by atoms with Gasteiger partial charge in [0, 0.05) is 31.7 Å². The summed E-state index contributed by atoms with van der Waals surface area (Å²) in [6, 6.07) is 1.59. The predicted octanol–water partition coefficient (Wildman–Crippen LogP) is 1.58. The third-order valence-electron chi connectivity index (χ3n) is 3.75. The summed E-state index contributed by atoms with van der Waals surface area (Å²) in [7, 11) is 0. The second kappa shape index (κ2) is 5.08. The number of fused-ring (bicyclic) bond motifs is 1. The molecule has 1 saturated heterocycles. The molecule has 3 rings (SSSR count). The summed E-state index contributed by atoms with van der Waals surface area (Å²) < 4.78 is 1.84. The summed E-state index contributed by atoms with van der Waals surface area (Å²) in [5.41, 5.74) is 2.48. The van der Waals surface area contributed by atoms with Gasteiger partial charge in [0.15, 0.2) is 0 Å². The Hall–Kier alpha value is -2.57. The Bertz CT molecular complexity index is 709. The minimum atomic E-state index is -0.846. The van der Waals surface area contributed by atoms with Crippen LogP contribution in [-0.4, -0.2) is 44.5 Å². The van der Waals surface area contributed by atoms with Crippen LogP contribution in [0, 0.1) is 12.8 Å². The first kappa shape index (κ1) is 13.4. The number of imidazole rings is 1. The van der Waals surface area contributed by atoms with E-state index < -0.39 is 11.9 Å². The second-order valence-corrected chi connectivity index (χ2v) is 5.27. The van der Waals surface area contributed by atoms with Crippen LogP contribution >= 0.6 is 0 Å². The SMILES string of the molecule is Cc1cc(NC(=O)N2CCC(C(=O)O)C2)cn2ccnc12. The molecule has 21 heavy (non-hydrogen) atoms. The quantitative estimate of drug-likeness (QED) is 0.878. The highest BCUT2D eigenvalue weighted by molar-refractivity contribution is 5.90. The Morgan fingerprint density at radius 1 is 1.48 bits per heavy atom. The van der Waals surface area contributed by atoms with E-state index in [2.05, 4.69) is 10.3 Å². The summed E-state index contributed by atoms with van der Waals surface area (Å²) >= 11 is 0. The number of carboxylic acid groups (broad SMARTS) is 1. The highest BCUT2D eigenvalue weighted by atomic mass is 16.4. The summed E-state index contributed by atoms with van der Waals surface area (Å²) in [6.07, 6.45) is 5.81. The highest BCUT2D eigenvalue weighted by Crippen LogP contribution is 2.19. The monoisotopic (exact) mass is 288 g/mol. The Labute approximate surface area is 121 Å². The molecule has 1 aliphatic rings. The molecule has 0 radical (unpaired) electrons. The van der Waals surface area contributed by atoms with Gasteiger partial charge < -0.3 is 19.7 Å². The van der Waals surface area contributed by atoms with E-state index in [1.54, 1.807) is 12.4 Å².